The van der Waals surface area contributed by atoms with Crippen LogP contribution in [0.1, 0.15) is 73.9 Å². The van der Waals surface area contributed by atoms with Crippen LogP contribution in [-0.2, 0) is 9.47 Å². The van der Waals surface area contributed by atoms with Crippen LogP contribution < -0.4 is 0 Å². The second-order valence-electron chi connectivity index (χ2n) is 3.05. The normalized spacial score (nSPS) is 72.2. The van der Waals surface area contributed by atoms with Crippen molar-refractivity contribution in [3.05, 3.63) is 0 Å². The molecule has 1 heterocycles. The molecule has 0 saturated carbocycles. The highest BCUT2D eigenvalue weighted by Gasteiger charge is 2.43. The summed E-state index contributed by atoms with van der Waals surface area (Å²) in [7, 11) is 0. The Kier molecular flexibility index (Phi) is 1.75. The van der Waals surface area contributed by atoms with Gasteiger partial charge in [0.25, 0.3) is 0 Å². The third-order valence-electron chi connectivity index (χ3n) is 1.83. The molecule has 0 aromatic carbocycles. The van der Waals surface area contributed by atoms with E-state index in [0.29, 0.717) is 0 Å². The van der Waals surface area contributed by atoms with E-state index in [2.05, 4.69) is 20.1 Å². The highest BCUT2D eigenvalue weighted by Crippen LogP contribution is 2.22. The molecule has 20 heavy (non-hydrogen) atoms. The van der Waals surface area contributed by atoms with Crippen molar-refractivity contribution in [2.45, 2.75) is 75.7 Å². The molecule has 1 aliphatic heterocycles. The maximum Gasteiger partial charge on any atom is 0.211 e. The van der Waals surface area contributed by atoms with Gasteiger partial charge in [0.1, 0.15) is 24.3 Å². The molecule has 5 atom stereocenters. The van der Waals surface area contributed by atoms with Gasteiger partial charge in [0.05, 0.1) is 14.8 Å². The average Bonchev–Trinajstić information content (AvgIpc) is 2.87. The summed E-state index contributed by atoms with van der Waals surface area (Å²) in [4.78, 5) is 0. The molecule has 0 spiro atoms. The van der Waals surface area contributed by atoms with Crippen LogP contribution in [0.5, 0.6) is 0 Å². The lowest BCUT2D eigenvalue weighted by Gasteiger charge is -2.39. The summed E-state index contributed by atoms with van der Waals surface area (Å²) in [6, 6.07) is 0. The minimum atomic E-state index is -4.77. The van der Waals surface area contributed by atoms with Gasteiger partial charge in [0, 0.05) is 27.1 Å². The van der Waals surface area contributed by atoms with Crippen LogP contribution in [0.2, 0.25) is 0 Å². The Bertz CT molecular complexity index is 1050. The maximum atomic E-state index is 9.62. The third-order valence-corrected chi connectivity index (χ3v) is 1.83. The maximum absolute atomic E-state index is 9.62. The molecule has 1 saturated heterocycles. The van der Waals surface area contributed by atoms with Gasteiger partial charge in [-0.05, 0) is 6.37 Å². The minimum absolute atomic E-state index is 1.56. The molecule has 4 N–H and O–H groups in total. The Labute approximate surface area is 154 Å². The first kappa shape index (κ1) is 3.63. The molecule has 0 bridgehead atoms. The number of ether oxygens (including phenoxy) is 2. The summed E-state index contributed by atoms with van der Waals surface area (Å²) in [5, 5.41) is 21.4. The lowest BCUT2D eigenvalue weighted by atomic mass is 9.99. The molecular formula is C14H28O6. The Morgan fingerprint density at radius 2 is 1.90 bits per heavy atom. The summed E-state index contributed by atoms with van der Waals surface area (Å²) < 4.78 is 197. The fourth-order valence-electron chi connectivity index (χ4n) is 1.00. The van der Waals surface area contributed by atoms with Crippen LogP contribution in [0.25, 0.3) is 0 Å². The SMILES string of the molecule is [2H]O[C@@]1([2H])[C@]([2H])(OC([2H])([2H])C([2H])([2H])C([2H])([2H])C([2H])([2H])C([2H])([2H])C([2H])([2H])C([2H])([2H])C([2H])([2H])[2H])O[C@H](CO)[C@@]([2H])(O[2H])[C@]1([2H])O[2H]. The lowest BCUT2D eigenvalue weighted by molar-refractivity contribution is -0.301. The molecule has 1 rings (SSSR count). The second-order valence-corrected chi connectivity index (χ2v) is 3.05. The highest BCUT2D eigenvalue weighted by molar-refractivity contribution is 4.88. The number of rotatable bonds is 12. The van der Waals surface area contributed by atoms with Gasteiger partial charge < -0.3 is 29.9 Å². The summed E-state index contributed by atoms with van der Waals surface area (Å²) in [6.45, 7) is -10.2. The largest absolute Gasteiger partial charge is 0.394 e. The van der Waals surface area contributed by atoms with E-state index in [1.165, 1.54) is 0 Å². The van der Waals surface area contributed by atoms with Crippen molar-refractivity contribution in [1.29, 1.82) is 4.29 Å². The Balaban J connectivity index is 3.90. The fourth-order valence-corrected chi connectivity index (χ4v) is 1.00. The zero-order valence-corrected chi connectivity index (χ0v) is 9.77. The van der Waals surface area contributed by atoms with Gasteiger partial charge in [-0.3, -0.25) is 0 Å². The Morgan fingerprint density at radius 3 is 2.60 bits per heavy atom. The Hall–Kier alpha value is -0.240. The standard InChI is InChI=1S/C14H28O6/c1-2-3-4-5-6-7-8-19-14-13(18)12(17)11(16)10(9-15)20-14/h10-18H,2-9H2,1H3/t10-,11-,12+,13-,14-/m1/s1/i1D3,2D2,3D2,4D2,5D2,6D2,7D2,8D2,11D,12D,13D,14D,16D,17D,18D. The van der Waals surface area contributed by atoms with E-state index in [0.717, 1.165) is 0 Å². The van der Waals surface area contributed by atoms with Crippen molar-refractivity contribution in [2.75, 3.05) is 13.2 Å². The van der Waals surface area contributed by atoms with Crippen molar-refractivity contribution in [3.63, 3.8) is 0 Å². The van der Waals surface area contributed by atoms with Crippen molar-refractivity contribution < 1.29 is 58.7 Å². The van der Waals surface area contributed by atoms with E-state index in [1.807, 2.05) is 0 Å². The fraction of sp³-hybridized carbons (Fsp3) is 1.00. The number of hydrogen-bond acceptors (Lipinski definition) is 6. The summed E-state index contributed by atoms with van der Waals surface area (Å²) in [5.41, 5.74) is 0. The molecule has 0 aromatic heterocycles. The predicted octanol–water partition coefficient (Wildman–Crippen LogP) is 0.163. The first-order valence-electron chi connectivity index (χ1n) is 16.7. The van der Waals surface area contributed by atoms with Gasteiger partial charge in [-0.1, -0.05) is 38.7 Å². The highest BCUT2D eigenvalue weighted by atomic mass is 16.7. The molecule has 1 aliphatic rings. The van der Waals surface area contributed by atoms with Crippen molar-refractivity contribution >= 4 is 0 Å². The zero-order chi connectivity index (χ0) is 35.8. The molecule has 0 unspecified atom stereocenters. The van der Waals surface area contributed by atoms with Crippen molar-refractivity contribution in [3.8, 4) is 0 Å². The second kappa shape index (κ2) is 9.65. The number of aliphatic hydroxyl groups is 4. The van der Waals surface area contributed by atoms with Gasteiger partial charge in [0.2, 0.25) is 4.29 Å². The summed E-state index contributed by atoms with van der Waals surface area (Å²) in [6.07, 6.45) is -46.5. The van der Waals surface area contributed by atoms with Crippen LogP contribution in [0.4, 0.5) is 0 Å². The zero-order valence-electron chi connectivity index (χ0n) is 33.8. The third kappa shape index (κ3) is 5.27. The first-order valence-corrected chi connectivity index (χ1v) is 4.97. The van der Waals surface area contributed by atoms with Gasteiger partial charge >= 0.3 is 0 Å². The van der Waals surface area contributed by atoms with E-state index in [9.17, 15) is 5.11 Å². The molecule has 0 amide bonds. The van der Waals surface area contributed by atoms with E-state index in [-0.39, 0.29) is 0 Å². The van der Waals surface area contributed by atoms with Crippen LogP contribution >= 0.6 is 0 Å². The van der Waals surface area contributed by atoms with E-state index in [4.69, 9.17) is 37.8 Å². The number of hydrogen-bond donors (Lipinski definition) is 4. The van der Waals surface area contributed by atoms with Crippen molar-refractivity contribution in [2.24, 2.45) is 0 Å². The van der Waals surface area contributed by atoms with Crippen LogP contribution in [0.15, 0.2) is 0 Å². The molecule has 120 valence electrons. The predicted molar refractivity (Wildman–Crippen MR) is 73.1 cm³/mol. The lowest BCUT2D eigenvalue weighted by Crippen LogP contribution is -2.59. The summed E-state index contributed by atoms with van der Waals surface area (Å²) >= 11 is 0. The monoisotopic (exact) mass is 316 g/mol. The van der Waals surface area contributed by atoms with Gasteiger partial charge in [-0.25, -0.2) is 0 Å². The van der Waals surface area contributed by atoms with E-state index in [1.54, 1.807) is 0 Å². The quantitative estimate of drug-likeness (QED) is 0.409. The minimum Gasteiger partial charge on any atom is -0.394 e. The number of aliphatic hydroxyl groups excluding tert-OH is 1. The van der Waals surface area contributed by atoms with Gasteiger partial charge in [-0.2, -0.15) is 0 Å². The average molecular weight is 317 g/mol. The van der Waals surface area contributed by atoms with Gasteiger partial charge in [0.15, 0.2) is 6.27 Å². The first-order chi connectivity index (χ1) is 19.1. The summed E-state index contributed by atoms with van der Waals surface area (Å²) in [5.74, 6) is 0. The molecule has 0 aromatic rings. The molecule has 6 heteroatoms. The van der Waals surface area contributed by atoms with E-state index < -0.39 is 88.9 Å². The molecule has 6 nitrogen and oxygen atoms in total. The Morgan fingerprint density at radius 1 is 1.15 bits per heavy atom. The molecule has 0 radical (unpaired) electrons. The van der Waals surface area contributed by atoms with E-state index >= 15 is 0 Å². The molecular weight excluding hydrogens is 264 g/mol. The smallest absolute Gasteiger partial charge is 0.211 e. The van der Waals surface area contributed by atoms with Crippen molar-refractivity contribution in [1.82, 2.24) is 0 Å². The molecule has 0 aliphatic carbocycles. The topological polar surface area (TPSA) is 99.4 Å². The van der Waals surface area contributed by atoms with Crippen LogP contribution in [-0.4, -0.2) is 68.5 Å². The van der Waals surface area contributed by atoms with Crippen LogP contribution in [0.3, 0.4) is 0 Å². The van der Waals surface area contributed by atoms with Crippen LogP contribution in [0, 0.1) is 0 Å². The molecule has 1 fully saturated rings. The van der Waals surface area contributed by atoms with Gasteiger partial charge in [-0.15, -0.1) is 0 Å².